The Hall–Kier alpha value is -3.51. The molecule has 13 heteroatoms. The second kappa shape index (κ2) is 14.9. The minimum Gasteiger partial charge on any atom is -0.488 e. The quantitative estimate of drug-likeness (QED) is 0.239. The summed E-state index contributed by atoms with van der Waals surface area (Å²) in [5, 5.41) is 17.8. The Morgan fingerprint density at radius 3 is 2.73 bits per heavy atom. The average molecular weight is 699 g/mol. The van der Waals surface area contributed by atoms with Crippen LogP contribution in [0.3, 0.4) is 0 Å². The lowest BCUT2D eigenvalue weighted by atomic mass is 10.0. The van der Waals surface area contributed by atoms with Crippen LogP contribution in [0.5, 0.6) is 5.75 Å². The molecule has 258 valence electrons. The Morgan fingerprint density at radius 2 is 1.96 bits per heavy atom. The Morgan fingerprint density at radius 1 is 1.17 bits per heavy atom. The van der Waals surface area contributed by atoms with Crippen molar-refractivity contribution >= 4 is 58.1 Å². The first-order valence-corrected chi connectivity index (χ1v) is 18.4. The van der Waals surface area contributed by atoms with Gasteiger partial charge in [-0.25, -0.2) is 14.6 Å². The number of para-hydroxylation sites is 1. The van der Waals surface area contributed by atoms with E-state index in [1.54, 1.807) is 17.8 Å². The highest BCUT2D eigenvalue weighted by Gasteiger charge is 2.61. The fourth-order valence-electron chi connectivity index (χ4n) is 7.16. The fourth-order valence-corrected chi connectivity index (χ4v) is 8.02. The molecule has 4 aliphatic rings. The molecule has 1 aromatic carbocycles. The summed E-state index contributed by atoms with van der Waals surface area (Å²) in [5.41, 5.74) is -0.802. The standard InChI is InChI=1S/C35H43ClN4O7S/c1-2-48-29-18-28(25-14-9-15-26(36)31(25)38-29)46-24-17-27-32(42)39-35(33(43)44)19-21(35)10-5-3-4-6-11-22(16-30(41)40(27)20-24)37-34(45)47-23-12-7-8-13-23/h5,9-10,14-15,18,21-24,27H,2-4,6-8,11-13,16-17,19-20H2,1H3,(H,37,45)(H,39,42)(H,43,44)/b10-5-/t21-,22-,24+,27-,35+/m0/s1. The third kappa shape index (κ3) is 7.70. The van der Waals surface area contributed by atoms with E-state index in [4.69, 9.17) is 26.1 Å². The minimum atomic E-state index is -1.40. The summed E-state index contributed by atoms with van der Waals surface area (Å²) in [4.78, 5) is 59.4. The Bertz CT molecular complexity index is 1580. The number of allylic oxidation sites excluding steroid dienone is 1. The van der Waals surface area contributed by atoms with Gasteiger partial charge in [0.1, 0.15) is 34.6 Å². The maximum absolute atomic E-state index is 14.1. The van der Waals surface area contributed by atoms with Crippen molar-refractivity contribution in [2.24, 2.45) is 5.92 Å². The molecule has 6 rings (SSSR count). The first-order valence-electron chi connectivity index (χ1n) is 17.0. The number of aliphatic carboxylic acids is 1. The number of pyridine rings is 1. The molecular formula is C35H43ClN4O7S. The van der Waals surface area contributed by atoms with Gasteiger partial charge in [0.2, 0.25) is 11.8 Å². The van der Waals surface area contributed by atoms with Crippen LogP contribution >= 0.6 is 23.4 Å². The van der Waals surface area contributed by atoms with Gasteiger partial charge in [-0.3, -0.25) is 9.59 Å². The van der Waals surface area contributed by atoms with Gasteiger partial charge in [-0.05, 0) is 69.3 Å². The first-order chi connectivity index (χ1) is 23.2. The number of fused-ring (bicyclic) bond motifs is 3. The molecule has 48 heavy (non-hydrogen) atoms. The molecule has 1 aromatic heterocycles. The monoisotopic (exact) mass is 698 g/mol. The molecule has 11 nitrogen and oxygen atoms in total. The lowest BCUT2D eigenvalue weighted by Crippen LogP contribution is -2.53. The number of carboxylic acid groups (broad SMARTS) is 1. The number of ether oxygens (including phenoxy) is 2. The summed E-state index contributed by atoms with van der Waals surface area (Å²) in [6, 6.07) is 5.86. The molecule has 2 aliphatic heterocycles. The number of benzene rings is 1. The number of rotatable bonds is 7. The summed E-state index contributed by atoms with van der Waals surface area (Å²) in [6.45, 7) is 2.14. The van der Waals surface area contributed by atoms with Crippen molar-refractivity contribution in [2.45, 2.75) is 112 Å². The molecule has 3 N–H and O–H groups in total. The second-order valence-electron chi connectivity index (χ2n) is 13.2. The van der Waals surface area contributed by atoms with Crippen LogP contribution < -0.4 is 15.4 Å². The van der Waals surface area contributed by atoms with Gasteiger partial charge in [0.25, 0.3) is 0 Å². The number of amides is 3. The smallest absolute Gasteiger partial charge is 0.407 e. The van der Waals surface area contributed by atoms with Crippen molar-refractivity contribution in [3.05, 3.63) is 41.4 Å². The van der Waals surface area contributed by atoms with Crippen LogP contribution in [0.2, 0.25) is 5.02 Å². The third-order valence-electron chi connectivity index (χ3n) is 9.80. The van der Waals surface area contributed by atoms with Crippen LogP contribution in [0.25, 0.3) is 10.9 Å². The van der Waals surface area contributed by atoms with Gasteiger partial charge >= 0.3 is 12.1 Å². The van der Waals surface area contributed by atoms with E-state index in [0.717, 1.165) is 55.7 Å². The average Bonchev–Trinajstić information content (AvgIpc) is 3.33. The fraction of sp³-hybridized carbons (Fsp3) is 0.571. The Balaban J connectivity index is 1.26. The van der Waals surface area contributed by atoms with E-state index < -0.39 is 41.7 Å². The number of hydrogen-bond donors (Lipinski definition) is 3. The highest BCUT2D eigenvalue weighted by atomic mass is 35.5. The molecular weight excluding hydrogens is 656 g/mol. The molecule has 3 fully saturated rings. The first kappa shape index (κ1) is 34.4. The number of alkyl carbamates (subject to hydrolysis) is 1. The van der Waals surface area contributed by atoms with Crippen LogP contribution in [0.1, 0.15) is 77.6 Å². The number of halogens is 1. The van der Waals surface area contributed by atoms with E-state index in [0.29, 0.717) is 34.5 Å². The predicted octanol–water partition coefficient (Wildman–Crippen LogP) is 5.87. The number of thioether (sulfide) groups is 1. The molecule has 3 amide bonds. The van der Waals surface area contributed by atoms with Crippen molar-refractivity contribution in [1.82, 2.24) is 20.5 Å². The topological polar surface area (TPSA) is 147 Å². The van der Waals surface area contributed by atoms with E-state index in [1.807, 2.05) is 37.3 Å². The number of aromatic nitrogens is 1. The van der Waals surface area contributed by atoms with Crippen molar-refractivity contribution in [2.75, 3.05) is 12.3 Å². The van der Waals surface area contributed by atoms with E-state index in [-0.39, 0.29) is 37.3 Å². The Labute approximate surface area is 289 Å². The van der Waals surface area contributed by atoms with Crippen molar-refractivity contribution in [3.8, 4) is 5.75 Å². The number of carbonyl (C=O) groups excluding carboxylic acids is 3. The van der Waals surface area contributed by atoms with Gasteiger partial charge in [-0.1, -0.05) is 43.2 Å². The van der Waals surface area contributed by atoms with E-state index in [9.17, 15) is 24.3 Å². The maximum Gasteiger partial charge on any atom is 0.407 e. The zero-order valence-corrected chi connectivity index (χ0v) is 28.7. The van der Waals surface area contributed by atoms with Crippen LogP contribution in [-0.2, 0) is 19.1 Å². The molecule has 0 spiro atoms. The van der Waals surface area contributed by atoms with Crippen molar-refractivity contribution in [3.63, 3.8) is 0 Å². The zero-order valence-electron chi connectivity index (χ0n) is 27.1. The molecule has 2 saturated carbocycles. The molecule has 0 unspecified atom stereocenters. The third-order valence-corrected chi connectivity index (χ3v) is 10.9. The molecule has 2 aliphatic carbocycles. The van der Waals surface area contributed by atoms with Gasteiger partial charge in [0.15, 0.2) is 0 Å². The van der Waals surface area contributed by atoms with Gasteiger partial charge in [-0.2, -0.15) is 0 Å². The van der Waals surface area contributed by atoms with Crippen LogP contribution in [-0.4, -0.2) is 81.0 Å². The summed E-state index contributed by atoms with van der Waals surface area (Å²) in [6.07, 6.45) is 9.66. The SMILES string of the molecule is CCSc1cc(O[C@@H]2C[C@H]3C(=O)N[C@]4(C(=O)O)C[C@@H]4/C=C\CCCC[C@H](NC(=O)OC4CCCC4)CC(=O)N3C2)c2cccc(Cl)c2n1. The highest BCUT2D eigenvalue weighted by molar-refractivity contribution is 7.99. The van der Waals surface area contributed by atoms with Crippen molar-refractivity contribution < 1.29 is 33.8 Å². The molecule has 0 bridgehead atoms. The largest absolute Gasteiger partial charge is 0.488 e. The lowest BCUT2D eigenvalue weighted by Gasteiger charge is -2.27. The lowest BCUT2D eigenvalue weighted by molar-refractivity contribution is -0.145. The van der Waals surface area contributed by atoms with Crippen LogP contribution in [0, 0.1) is 5.92 Å². The summed E-state index contributed by atoms with van der Waals surface area (Å²) >= 11 is 8.06. The molecule has 2 aromatic rings. The second-order valence-corrected chi connectivity index (χ2v) is 14.9. The van der Waals surface area contributed by atoms with Crippen LogP contribution in [0.4, 0.5) is 4.79 Å². The summed E-state index contributed by atoms with van der Waals surface area (Å²) in [7, 11) is 0. The molecule has 3 heterocycles. The normalized spacial score (nSPS) is 28.8. The highest BCUT2D eigenvalue weighted by Crippen LogP contribution is 2.45. The van der Waals surface area contributed by atoms with Gasteiger partial charge in [-0.15, -0.1) is 11.8 Å². The maximum atomic E-state index is 14.1. The number of nitrogens with zero attached hydrogens (tertiary/aromatic N) is 2. The van der Waals surface area contributed by atoms with E-state index >= 15 is 0 Å². The molecule has 0 radical (unpaired) electrons. The van der Waals surface area contributed by atoms with Gasteiger partial charge in [0, 0.05) is 36.3 Å². The number of carboxylic acids is 1. The number of hydrogen-bond acceptors (Lipinski definition) is 8. The Kier molecular flexibility index (Phi) is 10.7. The zero-order chi connectivity index (χ0) is 33.8. The summed E-state index contributed by atoms with van der Waals surface area (Å²) in [5.74, 6) is -0.933. The van der Waals surface area contributed by atoms with E-state index in [1.165, 1.54) is 4.90 Å². The predicted molar refractivity (Wildman–Crippen MR) is 182 cm³/mol. The number of nitrogens with one attached hydrogen (secondary N) is 2. The van der Waals surface area contributed by atoms with Gasteiger partial charge < -0.3 is 30.1 Å². The minimum absolute atomic E-state index is 0.0239. The molecule has 5 atom stereocenters. The summed E-state index contributed by atoms with van der Waals surface area (Å²) < 4.78 is 12.2. The number of carbonyl (C=O) groups is 4. The van der Waals surface area contributed by atoms with Crippen molar-refractivity contribution in [1.29, 1.82) is 0 Å². The van der Waals surface area contributed by atoms with E-state index in [2.05, 4.69) is 10.6 Å². The van der Waals surface area contributed by atoms with Gasteiger partial charge in [0.05, 0.1) is 17.1 Å². The molecule has 1 saturated heterocycles. The van der Waals surface area contributed by atoms with Crippen LogP contribution in [0.15, 0.2) is 41.4 Å².